The van der Waals surface area contributed by atoms with E-state index >= 15 is 0 Å². The highest BCUT2D eigenvalue weighted by atomic mass is 28.4. The van der Waals surface area contributed by atoms with Gasteiger partial charge < -0.3 is 19.2 Å². The molecule has 1 fully saturated rings. The van der Waals surface area contributed by atoms with Gasteiger partial charge in [-0.1, -0.05) is 48.0 Å². The Kier molecular flexibility index (Phi) is 10.3. The minimum atomic E-state index is -1.96. The number of amides is 1. The van der Waals surface area contributed by atoms with Gasteiger partial charge in [-0.3, -0.25) is 0 Å². The summed E-state index contributed by atoms with van der Waals surface area (Å²) in [5.74, 6) is 0.932. The van der Waals surface area contributed by atoms with Crippen LogP contribution in [0.15, 0.2) is 0 Å². The molecule has 1 unspecified atom stereocenters. The molecule has 188 valence electrons. The standard InChI is InChI=1S/C25H49NO5Si/c1-17(2)19-13-12-18(3)16-21(19)30-22(27)20(26-23(28)31-24(4,5)6)14-15-29-32(10,11)25(7,8)9/h17-21H,12-16H2,1-11H3,(H,26,28)/t18-,19+,20?,21-/m1/s1. The van der Waals surface area contributed by atoms with E-state index in [0.29, 0.717) is 30.8 Å². The van der Waals surface area contributed by atoms with Crippen LogP contribution in [0.3, 0.4) is 0 Å². The average molecular weight is 472 g/mol. The van der Waals surface area contributed by atoms with Crippen LogP contribution in [0, 0.1) is 17.8 Å². The predicted octanol–water partition coefficient (Wildman–Crippen LogP) is 6.30. The van der Waals surface area contributed by atoms with E-state index < -0.39 is 26.1 Å². The monoisotopic (exact) mass is 471 g/mol. The number of hydrogen-bond acceptors (Lipinski definition) is 5. The molecule has 0 aromatic heterocycles. The number of esters is 1. The molecule has 1 rings (SSSR count). The summed E-state index contributed by atoms with van der Waals surface area (Å²) < 4.78 is 17.7. The summed E-state index contributed by atoms with van der Waals surface area (Å²) in [6.07, 6.45) is 2.74. The Labute approximate surface area is 197 Å². The first kappa shape index (κ1) is 28.9. The van der Waals surface area contributed by atoms with E-state index in [0.717, 1.165) is 19.3 Å². The first-order chi connectivity index (χ1) is 14.4. The lowest BCUT2D eigenvalue weighted by Gasteiger charge is -2.38. The van der Waals surface area contributed by atoms with Crippen LogP contribution in [0.5, 0.6) is 0 Å². The molecule has 1 aliphatic rings. The van der Waals surface area contributed by atoms with Gasteiger partial charge in [-0.15, -0.1) is 0 Å². The van der Waals surface area contributed by atoms with Crippen LogP contribution in [0.4, 0.5) is 4.79 Å². The average Bonchev–Trinajstić information content (AvgIpc) is 2.57. The van der Waals surface area contributed by atoms with Crippen LogP contribution >= 0.6 is 0 Å². The molecule has 0 aromatic carbocycles. The van der Waals surface area contributed by atoms with Gasteiger partial charge in [0.15, 0.2) is 8.32 Å². The molecule has 0 aliphatic heterocycles. The largest absolute Gasteiger partial charge is 0.461 e. The van der Waals surface area contributed by atoms with Gasteiger partial charge in [0.1, 0.15) is 17.7 Å². The van der Waals surface area contributed by atoms with Crippen LogP contribution in [0.1, 0.15) is 88.0 Å². The summed E-state index contributed by atoms with van der Waals surface area (Å²) in [5, 5.41) is 2.82. The molecule has 1 saturated carbocycles. The maximum atomic E-state index is 13.2. The minimum absolute atomic E-state index is 0.0737. The Morgan fingerprint density at radius 1 is 1.06 bits per heavy atom. The zero-order chi connectivity index (χ0) is 24.9. The highest BCUT2D eigenvalue weighted by molar-refractivity contribution is 6.74. The third kappa shape index (κ3) is 9.42. The van der Waals surface area contributed by atoms with Crippen molar-refractivity contribution in [2.75, 3.05) is 6.61 Å². The number of ether oxygens (including phenoxy) is 2. The lowest BCUT2D eigenvalue weighted by molar-refractivity contribution is -0.158. The summed E-state index contributed by atoms with van der Waals surface area (Å²) in [7, 11) is -1.96. The van der Waals surface area contributed by atoms with Gasteiger partial charge in [0.25, 0.3) is 0 Å². The van der Waals surface area contributed by atoms with E-state index in [-0.39, 0.29) is 17.1 Å². The van der Waals surface area contributed by atoms with Gasteiger partial charge in [-0.2, -0.15) is 0 Å². The number of carbonyl (C=O) groups is 2. The van der Waals surface area contributed by atoms with E-state index in [9.17, 15) is 9.59 Å². The van der Waals surface area contributed by atoms with E-state index in [4.69, 9.17) is 13.9 Å². The molecule has 32 heavy (non-hydrogen) atoms. The van der Waals surface area contributed by atoms with Gasteiger partial charge in [0.2, 0.25) is 0 Å². The fourth-order valence-corrected chi connectivity index (χ4v) is 4.89. The molecular formula is C25H49NO5Si. The molecule has 0 radical (unpaired) electrons. The van der Waals surface area contributed by atoms with Crippen molar-refractivity contribution in [3.63, 3.8) is 0 Å². The quantitative estimate of drug-likeness (QED) is 0.332. The Morgan fingerprint density at radius 3 is 2.16 bits per heavy atom. The van der Waals surface area contributed by atoms with Gasteiger partial charge in [0, 0.05) is 13.0 Å². The fourth-order valence-electron chi connectivity index (χ4n) is 3.83. The maximum absolute atomic E-state index is 13.2. The van der Waals surface area contributed by atoms with Gasteiger partial charge in [-0.25, -0.2) is 9.59 Å². The smallest absolute Gasteiger partial charge is 0.408 e. The molecule has 0 heterocycles. The number of nitrogens with one attached hydrogen (secondary N) is 1. The third-order valence-electron chi connectivity index (χ3n) is 6.88. The summed E-state index contributed by atoms with van der Waals surface area (Å²) in [4.78, 5) is 25.6. The van der Waals surface area contributed by atoms with E-state index in [2.05, 4.69) is 60.0 Å². The van der Waals surface area contributed by atoms with Crippen molar-refractivity contribution in [2.45, 2.75) is 124 Å². The van der Waals surface area contributed by atoms with Crippen molar-refractivity contribution in [1.29, 1.82) is 0 Å². The second-order valence-corrected chi connectivity index (χ2v) is 17.2. The van der Waals surface area contributed by atoms with Crippen LogP contribution < -0.4 is 5.32 Å². The first-order valence-electron chi connectivity index (χ1n) is 12.3. The molecule has 6 nitrogen and oxygen atoms in total. The van der Waals surface area contributed by atoms with Crippen molar-refractivity contribution in [1.82, 2.24) is 5.32 Å². The lowest BCUT2D eigenvalue weighted by atomic mass is 9.75. The summed E-state index contributed by atoms with van der Waals surface area (Å²) in [5.41, 5.74) is -0.641. The Balaban J connectivity index is 2.90. The number of hydrogen-bond donors (Lipinski definition) is 1. The SMILES string of the molecule is CC(C)[C@@H]1CC[C@@H](C)C[C@H]1OC(=O)C(CCO[Si](C)(C)C(C)(C)C)NC(=O)OC(C)(C)C. The van der Waals surface area contributed by atoms with Gasteiger partial charge in [0.05, 0.1) is 0 Å². The number of alkyl carbamates (subject to hydrolysis) is 1. The Bertz CT molecular complexity index is 621. The number of carbonyl (C=O) groups excluding carboxylic acids is 2. The van der Waals surface area contributed by atoms with Crippen molar-refractivity contribution in [3.8, 4) is 0 Å². The van der Waals surface area contributed by atoms with E-state index in [1.165, 1.54) is 0 Å². The highest BCUT2D eigenvalue weighted by Gasteiger charge is 2.38. The first-order valence-corrected chi connectivity index (χ1v) is 15.2. The second kappa shape index (κ2) is 11.4. The Morgan fingerprint density at radius 2 is 1.66 bits per heavy atom. The molecule has 4 atom stereocenters. The van der Waals surface area contributed by atoms with Gasteiger partial charge >= 0.3 is 12.1 Å². The van der Waals surface area contributed by atoms with Gasteiger partial charge in [-0.05, 0) is 69.5 Å². The van der Waals surface area contributed by atoms with Crippen LogP contribution in [0.2, 0.25) is 18.1 Å². The van der Waals surface area contributed by atoms with Crippen molar-refractivity contribution in [3.05, 3.63) is 0 Å². The third-order valence-corrected chi connectivity index (χ3v) is 11.4. The molecule has 0 saturated heterocycles. The Hall–Kier alpha value is -1.08. The summed E-state index contributed by atoms with van der Waals surface area (Å²) in [6.45, 7) is 23.3. The molecule has 0 bridgehead atoms. The number of rotatable bonds is 8. The molecule has 0 spiro atoms. The predicted molar refractivity (Wildman–Crippen MR) is 132 cm³/mol. The zero-order valence-electron chi connectivity index (χ0n) is 22.5. The fraction of sp³-hybridized carbons (Fsp3) is 0.920. The van der Waals surface area contributed by atoms with Crippen molar-refractivity contribution in [2.24, 2.45) is 17.8 Å². The van der Waals surface area contributed by atoms with Crippen LogP contribution in [-0.4, -0.2) is 44.7 Å². The molecule has 1 N–H and O–H groups in total. The van der Waals surface area contributed by atoms with Crippen molar-refractivity contribution >= 4 is 20.4 Å². The highest BCUT2D eigenvalue weighted by Crippen LogP contribution is 2.37. The lowest BCUT2D eigenvalue weighted by Crippen LogP contribution is -2.48. The molecule has 1 aliphatic carbocycles. The maximum Gasteiger partial charge on any atom is 0.408 e. The topological polar surface area (TPSA) is 73.9 Å². The molecular weight excluding hydrogens is 422 g/mol. The van der Waals surface area contributed by atoms with Crippen LogP contribution in [-0.2, 0) is 18.7 Å². The van der Waals surface area contributed by atoms with Crippen LogP contribution in [0.25, 0.3) is 0 Å². The van der Waals surface area contributed by atoms with E-state index in [1.807, 2.05) is 0 Å². The molecule has 1 amide bonds. The minimum Gasteiger partial charge on any atom is -0.461 e. The zero-order valence-corrected chi connectivity index (χ0v) is 23.5. The molecule has 0 aromatic rings. The summed E-state index contributed by atoms with van der Waals surface area (Å²) in [6, 6.07) is -0.792. The summed E-state index contributed by atoms with van der Waals surface area (Å²) >= 11 is 0. The normalized spacial score (nSPS) is 23.6. The second-order valence-electron chi connectivity index (χ2n) is 12.4. The van der Waals surface area contributed by atoms with Crippen molar-refractivity contribution < 1.29 is 23.5 Å². The van der Waals surface area contributed by atoms with E-state index in [1.54, 1.807) is 20.8 Å². The molecule has 7 heteroatoms.